The van der Waals surface area contributed by atoms with Crippen LogP contribution >= 0.6 is 12.2 Å². The monoisotopic (exact) mass is 312 g/mol. The smallest absolute Gasteiger partial charge is 0.267 e. The van der Waals surface area contributed by atoms with Gasteiger partial charge in [-0.25, -0.2) is 10.4 Å². The largest absolute Gasteiger partial charge is 0.273 e. The van der Waals surface area contributed by atoms with Gasteiger partial charge >= 0.3 is 0 Å². The molecule has 22 heavy (non-hydrogen) atoms. The Bertz CT molecular complexity index is 596. The van der Waals surface area contributed by atoms with E-state index in [0.717, 1.165) is 5.56 Å². The van der Waals surface area contributed by atoms with Crippen LogP contribution in [0.15, 0.2) is 60.7 Å². The Morgan fingerprint density at radius 3 is 1.82 bits per heavy atom. The second kappa shape index (κ2) is 6.81. The molecule has 1 N–H and O–H groups in total. The Hall–Kier alpha value is -2.04. The van der Waals surface area contributed by atoms with Crippen molar-refractivity contribution >= 4 is 23.1 Å². The van der Waals surface area contributed by atoms with E-state index >= 15 is 0 Å². The van der Waals surface area contributed by atoms with E-state index in [2.05, 4.69) is 5.43 Å². The van der Waals surface area contributed by atoms with Crippen LogP contribution in [0.3, 0.4) is 0 Å². The van der Waals surface area contributed by atoms with Crippen LogP contribution < -0.4 is 5.43 Å². The lowest BCUT2D eigenvalue weighted by molar-refractivity contribution is 0.0743. The molecule has 0 aliphatic carbocycles. The van der Waals surface area contributed by atoms with Gasteiger partial charge in [0.1, 0.15) is 4.99 Å². The van der Waals surface area contributed by atoms with Crippen LogP contribution in [-0.4, -0.2) is 21.4 Å². The summed E-state index contributed by atoms with van der Waals surface area (Å²) in [7, 11) is 0. The van der Waals surface area contributed by atoms with E-state index in [1.165, 1.54) is 5.01 Å². The molecular weight excluding hydrogens is 292 g/mol. The van der Waals surface area contributed by atoms with Gasteiger partial charge in [0, 0.05) is 16.7 Å². The average Bonchev–Trinajstić information content (AvgIpc) is 2.52. The number of nitrogens with one attached hydrogen (secondary N) is 1. The predicted molar refractivity (Wildman–Crippen MR) is 93.6 cm³/mol. The van der Waals surface area contributed by atoms with Gasteiger partial charge in [0.2, 0.25) is 0 Å². The highest BCUT2D eigenvalue weighted by Gasteiger charge is 2.25. The summed E-state index contributed by atoms with van der Waals surface area (Å²) in [6, 6.07) is 18.7. The highest BCUT2D eigenvalue weighted by molar-refractivity contribution is 7.80. The van der Waals surface area contributed by atoms with Crippen molar-refractivity contribution < 1.29 is 4.79 Å². The molecule has 0 saturated heterocycles. The van der Waals surface area contributed by atoms with Crippen LogP contribution in [0.1, 0.15) is 36.7 Å². The molecule has 0 aliphatic heterocycles. The molecule has 0 saturated carbocycles. The third kappa shape index (κ3) is 4.23. The maximum Gasteiger partial charge on any atom is 0.273 e. The first-order chi connectivity index (χ1) is 10.4. The quantitative estimate of drug-likeness (QED) is 0.691. The fraction of sp³-hybridized carbons (Fsp3) is 0.222. The van der Waals surface area contributed by atoms with Gasteiger partial charge in [-0.1, -0.05) is 60.7 Å². The van der Waals surface area contributed by atoms with Gasteiger partial charge in [0.15, 0.2) is 0 Å². The summed E-state index contributed by atoms with van der Waals surface area (Å²) in [5.74, 6) is -0.163. The molecule has 0 bridgehead atoms. The van der Waals surface area contributed by atoms with E-state index in [1.807, 2.05) is 69.3 Å². The molecule has 0 spiro atoms. The van der Waals surface area contributed by atoms with Crippen molar-refractivity contribution in [3.63, 3.8) is 0 Å². The van der Waals surface area contributed by atoms with Gasteiger partial charge in [-0.2, -0.15) is 0 Å². The van der Waals surface area contributed by atoms with E-state index in [-0.39, 0.29) is 11.4 Å². The molecule has 0 aromatic heterocycles. The van der Waals surface area contributed by atoms with Crippen molar-refractivity contribution in [3.05, 3.63) is 71.8 Å². The number of hydrazine groups is 1. The molecule has 0 fully saturated rings. The van der Waals surface area contributed by atoms with Crippen LogP contribution in [0.2, 0.25) is 0 Å². The first-order valence-corrected chi connectivity index (χ1v) is 7.56. The van der Waals surface area contributed by atoms with Gasteiger partial charge in [-0.05, 0) is 32.9 Å². The fourth-order valence-corrected chi connectivity index (χ4v) is 2.21. The van der Waals surface area contributed by atoms with Crippen molar-refractivity contribution in [1.82, 2.24) is 10.4 Å². The van der Waals surface area contributed by atoms with E-state index in [9.17, 15) is 4.79 Å². The molecule has 1 amide bonds. The number of carbonyl (C=O) groups excluding carboxylic acids is 1. The molecule has 114 valence electrons. The third-order valence-electron chi connectivity index (χ3n) is 2.89. The van der Waals surface area contributed by atoms with Crippen molar-refractivity contribution in [2.45, 2.75) is 26.3 Å². The molecular formula is C18H20N2OS. The van der Waals surface area contributed by atoms with Gasteiger partial charge in [0.25, 0.3) is 5.91 Å². The SMILES string of the molecule is CC(C)(C)NN(C(=O)c1ccccc1)C(=S)c1ccccc1. The molecule has 3 nitrogen and oxygen atoms in total. The van der Waals surface area contributed by atoms with Crippen molar-refractivity contribution in [1.29, 1.82) is 0 Å². The molecule has 0 aliphatic rings. The Morgan fingerprint density at radius 2 is 1.36 bits per heavy atom. The Kier molecular flexibility index (Phi) is 5.06. The number of nitrogens with zero attached hydrogens (tertiary/aromatic N) is 1. The minimum Gasteiger partial charge on any atom is -0.267 e. The average molecular weight is 312 g/mol. The summed E-state index contributed by atoms with van der Waals surface area (Å²) in [6.45, 7) is 5.98. The number of carbonyl (C=O) groups is 1. The number of amides is 1. The Balaban J connectivity index is 2.35. The molecule has 2 rings (SSSR count). The standard InChI is InChI=1S/C18H20N2OS/c1-18(2,3)19-20(16(21)14-10-6-4-7-11-14)17(22)15-12-8-5-9-13-15/h4-13,19H,1-3H3. The van der Waals surface area contributed by atoms with Gasteiger partial charge in [-0.15, -0.1) is 0 Å². The summed E-state index contributed by atoms with van der Waals surface area (Å²) in [4.78, 5) is 13.3. The second-order valence-electron chi connectivity index (χ2n) is 6.04. The van der Waals surface area contributed by atoms with E-state index < -0.39 is 0 Å². The summed E-state index contributed by atoms with van der Waals surface area (Å²) < 4.78 is 0. The van der Waals surface area contributed by atoms with Gasteiger partial charge < -0.3 is 0 Å². The molecule has 0 atom stereocenters. The normalized spacial score (nSPS) is 11.0. The summed E-state index contributed by atoms with van der Waals surface area (Å²) in [6.07, 6.45) is 0. The molecule has 0 heterocycles. The number of hydrogen-bond donors (Lipinski definition) is 1. The van der Waals surface area contributed by atoms with Crippen molar-refractivity contribution in [2.75, 3.05) is 0 Å². The molecule has 0 unspecified atom stereocenters. The van der Waals surface area contributed by atoms with Crippen LogP contribution in [0.5, 0.6) is 0 Å². The summed E-state index contributed by atoms with van der Waals surface area (Å²) in [5.41, 5.74) is 4.33. The zero-order valence-corrected chi connectivity index (χ0v) is 13.9. The van der Waals surface area contributed by atoms with Gasteiger partial charge in [-0.3, -0.25) is 4.79 Å². The summed E-state index contributed by atoms with van der Waals surface area (Å²) in [5, 5.41) is 1.46. The van der Waals surface area contributed by atoms with Crippen molar-refractivity contribution in [2.24, 2.45) is 0 Å². The Morgan fingerprint density at radius 1 is 0.909 bits per heavy atom. The van der Waals surface area contributed by atoms with Crippen LogP contribution in [0.4, 0.5) is 0 Å². The van der Waals surface area contributed by atoms with Crippen molar-refractivity contribution in [3.8, 4) is 0 Å². The number of rotatable bonds is 3. The van der Waals surface area contributed by atoms with E-state index in [4.69, 9.17) is 12.2 Å². The number of hydrogen-bond acceptors (Lipinski definition) is 3. The minimum atomic E-state index is -0.288. The predicted octanol–water partition coefficient (Wildman–Crippen LogP) is 3.81. The lowest BCUT2D eigenvalue weighted by atomic mass is 10.1. The zero-order valence-electron chi connectivity index (χ0n) is 13.0. The second-order valence-corrected chi connectivity index (χ2v) is 6.43. The first kappa shape index (κ1) is 16.3. The lowest BCUT2D eigenvalue weighted by Crippen LogP contribution is -2.54. The lowest BCUT2D eigenvalue weighted by Gasteiger charge is -2.32. The first-order valence-electron chi connectivity index (χ1n) is 7.15. The highest BCUT2D eigenvalue weighted by Crippen LogP contribution is 2.12. The van der Waals surface area contributed by atoms with Crippen LogP contribution in [-0.2, 0) is 0 Å². The van der Waals surface area contributed by atoms with Gasteiger partial charge in [0.05, 0.1) is 0 Å². The fourth-order valence-electron chi connectivity index (χ4n) is 1.95. The number of benzene rings is 2. The minimum absolute atomic E-state index is 0.163. The maximum atomic E-state index is 12.8. The van der Waals surface area contributed by atoms with E-state index in [1.54, 1.807) is 12.1 Å². The van der Waals surface area contributed by atoms with Crippen LogP contribution in [0.25, 0.3) is 0 Å². The molecule has 0 radical (unpaired) electrons. The highest BCUT2D eigenvalue weighted by atomic mass is 32.1. The molecule has 2 aromatic rings. The topological polar surface area (TPSA) is 32.3 Å². The summed E-state index contributed by atoms with van der Waals surface area (Å²) >= 11 is 5.53. The molecule has 2 aromatic carbocycles. The maximum absolute atomic E-state index is 12.8. The number of thiocarbonyl (C=S) groups is 1. The third-order valence-corrected chi connectivity index (χ3v) is 3.31. The zero-order chi connectivity index (χ0) is 16.2. The van der Waals surface area contributed by atoms with E-state index in [0.29, 0.717) is 10.6 Å². The Labute approximate surface area is 136 Å². The molecule has 4 heteroatoms. The van der Waals surface area contributed by atoms with Crippen LogP contribution in [0, 0.1) is 0 Å².